The molecule has 2 aromatic carbocycles. The molecule has 2 heterocycles. The Morgan fingerprint density at radius 1 is 1.15 bits per heavy atom. The normalized spacial score (nSPS) is 16.1. The van der Waals surface area contributed by atoms with Gasteiger partial charge in [0.05, 0.1) is 0 Å². The number of hydrogen-bond acceptors (Lipinski definition) is 4. The van der Waals surface area contributed by atoms with Gasteiger partial charge in [-0.1, -0.05) is 43.1 Å². The monoisotopic (exact) mass is 398 g/mol. The summed E-state index contributed by atoms with van der Waals surface area (Å²) in [6.45, 7) is 2.92. The SMILES string of the molecule is CCCCn1nnnc1C1c2ccccc2NC(=S)N1c1ccc(Cl)cc1. The van der Waals surface area contributed by atoms with Crippen molar-refractivity contribution in [2.24, 2.45) is 0 Å². The van der Waals surface area contributed by atoms with Gasteiger partial charge in [-0.15, -0.1) is 5.10 Å². The minimum atomic E-state index is -0.219. The van der Waals surface area contributed by atoms with Crippen LogP contribution >= 0.6 is 23.8 Å². The van der Waals surface area contributed by atoms with E-state index in [2.05, 4.69) is 33.8 Å². The predicted octanol–water partition coefficient (Wildman–Crippen LogP) is 4.43. The second kappa shape index (κ2) is 7.62. The Labute approximate surface area is 168 Å². The number of fused-ring (bicyclic) bond motifs is 1. The van der Waals surface area contributed by atoms with Gasteiger partial charge in [-0.25, -0.2) is 4.68 Å². The molecule has 3 aromatic rings. The summed E-state index contributed by atoms with van der Waals surface area (Å²) in [7, 11) is 0. The highest BCUT2D eigenvalue weighted by atomic mass is 35.5. The number of aromatic nitrogens is 4. The average Bonchev–Trinajstić information content (AvgIpc) is 3.14. The maximum atomic E-state index is 6.08. The third kappa shape index (κ3) is 3.40. The molecule has 0 radical (unpaired) electrons. The number of halogens is 1. The number of aryl methyl sites for hydroxylation is 1. The van der Waals surface area contributed by atoms with Crippen LogP contribution in [-0.4, -0.2) is 25.3 Å². The summed E-state index contributed by atoms with van der Waals surface area (Å²) in [5.74, 6) is 0.773. The van der Waals surface area contributed by atoms with E-state index in [1.807, 2.05) is 52.0 Å². The Balaban J connectivity index is 1.86. The fourth-order valence-corrected chi connectivity index (χ4v) is 3.72. The minimum Gasteiger partial charge on any atom is -0.332 e. The summed E-state index contributed by atoms with van der Waals surface area (Å²) < 4.78 is 1.88. The lowest BCUT2D eigenvalue weighted by Crippen LogP contribution is -2.43. The number of thiocarbonyl (C=S) groups is 1. The van der Waals surface area contributed by atoms with Gasteiger partial charge < -0.3 is 10.2 Å². The van der Waals surface area contributed by atoms with Crippen molar-refractivity contribution in [3.63, 3.8) is 0 Å². The van der Waals surface area contributed by atoms with Gasteiger partial charge in [-0.3, -0.25) is 0 Å². The Bertz CT molecular complexity index is 955. The van der Waals surface area contributed by atoms with E-state index >= 15 is 0 Å². The molecule has 27 heavy (non-hydrogen) atoms. The first-order valence-corrected chi connectivity index (χ1v) is 9.68. The molecule has 0 aliphatic carbocycles. The van der Waals surface area contributed by atoms with E-state index in [9.17, 15) is 0 Å². The van der Waals surface area contributed by atoms with Crippen LogP contribution in [0.3, 0.4) is 0 Å². The smallest absolute Gasteiger partial charge is 0.179 e. The topological polar surface area (TPSA) is 58.9 Å². The lowest BCUT2D eigenvalue weighted by molar-refractivity contribution is 0.521. The van der Waals surface area contributed by atoms with E-state index in [1.54, 1.807) is 0 Å². The van der Waals surface area contributed by atoms with Gasteiger partial charge in [0, 0.05) is 28.5 Å². The second-order valence-electron chi connectivity index (χ2n) is 6.38. The molecule has 0 fully saturated rings. The fraction of sp³-hybridized carbons (Fsp3) is 0.263. The van der Waals surface area contributed by atoms with Gasteiger partial charge in [-0.05, 0) is 59.4 Å². The van der Waals surface area contributed by atoms with E-state index in [1.165, 1.54) is 0 Å². The summed E-state index contributed by atoms with van der Waals surface area (Å²) in [4.78, 5) is 2.04. The first kappa shape index (κ1) is 17.9. The van der Waals surface area contributed by atoms with Crippen molar-refractivity contribution >= 4 is 40.3 Å². The third-order valence-electron chi connectivity index (χ3n) is 4.61. The summed E-state index contributed by atoms with van der Waals surface area (Å²) >= 11 is 11.8. The van der Waals surface area contributed by atoms with Crippen LogP contribution in [0.15, 0.2) is 48.5 Å². The van der Waals surface area contributed by atoms with Crippen molar-refractivity contribution in [3.8, 4) is 0 Å². The van der Waals surface area contributed by atoms with Crippen molar-refractivity contribution in [2.45, 2.75) is 32.4 Å². The molecule has 0 spiro atoms. The van der Waals surface area contributed by atoms with Crippen LogP contribution in [0.25, 0.3) is 0 Å². The van der Waals surface area contributed by atoms with Crippen molar-refractivity contribution in [2.75, 3.05) is 10.2 Å². The first-order chi connectivity index (χ1) is 13.2. The molecule has 4 rings (SSSR count). The zero-order chi connectivity index (χ0) is 18.8. The maximum absolute atomic E-state index is 6.08. The molecule has 1 unspecified atom stereocenters. The molecule has 0 saturated heterocycles. The Kier molecular flexibility index (Phi) is 5.05. The molecule has 8 heteroatoms. The molecule has 0 bridgehead atoms. The highest BCUT2D eigenvalue weighted by Crippen LogP contribution is 2.39. The number of nitrogens with one attached hydrogen (secondary N) is 1. The van der Waals surface area contributed by atoms with Crippen LogP contribution in [0, 0.1) is 0 Å². The molecule has 1 aromatic heterocycles. The zero-order valence-corrected chi connectivity index (χ0v) is 16.4. The quantitative estimate of drug-likeness (QED) is 0.641. The Morgan fingerprint density at radius 3 is 2.70 bits per heavy atom. The van der Waals surface area contributed by atoms with Gasteiger partial charge in [-0.2, -0.15) is 0 Å². The number of para-hydroxylation sites is 1. The Hall–Kier alpha value is -2.51. The van der Waals surface area contributed by atoms with E-state index in [4.69, 9.17) is 23.8 Å². The molecule has 138 valence electrons. The molecule has 1 aliphatic heterocycles. The molecule has 1 atom stereocenters. The van der Waals surface area contributed by atoms with Crippen LogP contribution in [0.4, 0.5) is 11.4 Å². The maximum Gasteiger partial charge on any atom is 0.179 e. The number of nitrogens with zero attached hydrogens (tertiary/aromatic N) is 5. The molecule has 1 aliphatic rings. The fourth-order valence-electron chi connectivity index (χ4n) is 3.28. The van der Waals surface area contributed by atoms with E-state index in [0.29, 0.717) is 10.1 Å². The number of hydrogen-bond donors (Lipinski definition) is 1. The Morgan fingerprint density at radius 2 is 1.93 bits per heavy atom. The highest BCUT2D eigenvalue weighted by molar-refractivity contribution is 7.80. The standard InChI is InChI=1S/C19H19ClN6S/c1-2-3-12-25-18(22-23-24-25)17-15-6-4-5-7-16(15)21-19(27)26(17)14-10-8-13(20)9-11-14/h4-11,17H,2-3,12H2,1H3,(H,21,27). The number of benzene rings is 2. The van der Waals surface area contributed by atoms with Crippen LogP contribution < -0.4 is 10.2 Å². The summed E-state index contributed by atoms with van der Waals surface area (Å²) in [6, 6.07) is 15.5. The van der Waals surface area contributed by atoms with E-state index in [0.717, 1.165) is 42.1 Å². The molecule has 6 nitrogen and oxygen atoms in total. The van der Waals surface area contributed by atoms with Gasteiger partial charge in [0.2, 0.25) is 0 Å². The van der Waals surface area contributed by atoms with Crippen LogP contribution in [0.5, 0.6) is 0 Å². The molecular weight excluding hydrogens is 380 g/mol. The molecule has 0 amide bonds. The van der Waals surface area contributed by atoms with Crippen LogP contribution in [-0.2, 0) is 6.54 Å². The number of rotatable bonds is 5. The number of unbranched alkanes of at least 4 members (excludes halogenated alkanes) is 1. The largest absolute Gasteiger partial charge is 0.332 e. The van der Waals surface area contributed by atoms with Gasteiger partial charge in [0.1, 0.15) is 6.04 Å². The van der Waals surface area contributed by atoms with Crippen molar-refractivity contribution in [3.05, 3.63) is 64.9 Å². The summed E-state index contributed by atoms with van der Waals surface area (Å²) in [5.41, 5.74) is 2.98. The van der Waals surface area contributed by atoms with Crippen LogP contribution in [0.1, 0.15) is 37.2 Å². The lowest BCUT2D eigenvalue weighted by Gasteiger charge is -2.38. The lowest BCUT2D eigenvalue weighted by atomic mass is 9.99. The third-order valence-corrected chi connectivity index (χ3v) is 5.16. The van der Waals surface area contributed by atoms with Gasteiger partial charge >= 0.3 is 0 Å². The van der Waals surface area contributed by atoms with Crippen LogP contribution in [0.2, 0.25) is 5.02 Å². The zero-order valence-electron chi connectivity index (χ0n) is 14.8. The molecule has 0 saturated carbocycles. The summed E-state index contributed by atoms with van der Waals surface area (Å²) in [5, 5.41) is 17.1. The van der Waals surface area contributed by atoms with Crippen molar-refractivity contribution in [1.29, 1.82) is 0 Å². The summed E-state index contributed by atoms with van der Waals surface area (Å²) in [6.07, 6.45) is 2.08. The van der Waals surface area contributed by atoms with Crippen molar-refractivity contribution < 1.29 is 0 Å². The first-order valence-electron chi connectivity index (χ1n) is 8.90. The molecular formula is C19H19ClN6S. The second-order valence-corrected chi connectivity index (χ2v) is 7.20. The number of anilines is 2. The van der Waals surface area contributed by atoms with E-state index in [-0.39, 0.29) is 6.04 Å². The highest BCUT2D eigenvalue weighted by Gasteiger charge is 2.36. The van der Waals surface area contributed by atoms with Crippen molar-refractivity contribution in [1.82, 2.24) is 20.2 Å². The van der Waals surface area contributed by atoms with Gasteiger partial charge in [0.15, 0.2) is 10.9 Å². The molecule has 1 N–H and O–H groups in total. The predicted molar refractivity (Wildman–Crippen MR) is 111 cm³/mol. The average molecular weight is 399 g/mol. The van der Waals surface area contributed by atoms with Gasteiger partial charge in [0.25, 0.3) is 0 Å². The minimum absolute atomic E-state index is 0.219. The van der Waals surface area contributed by atoms with E-state index < -0.39 is 0 Å². The number of tetrazole rings is 1.